The normalized spacial score (nSPS) is 11.6. The molecule has 6 nitrogen and oxygen atoms in total. The van der Waals surface area contributed by atoms with Gasteiger partial charge in [-0.2, -0.15) is 4.31 Å². The number of hydrogen-bond donors (Lipinski definition) is 0. The molecule has 1 heterocycles. The lowest BCUT2D eigenvalue weighted by atomic mass is 10.1. The number of nitrogens with zero attached hydrogens (tertiary/aromatic N) is 4. The van der Waals surface area contributed by atoms with Crippen LogP contribution in [-0.2, 0) is 23.1 Å². The SMILES string of the molecule is O=S(=O)(c1ccc(-n2nncc2-c2ccc(F)cc2)cc1)N(Cc1ccccc1)Cc1ccccc1. The standard InChI is InChI=1S/C28H23FN4O2S/c29-25-13-11-24(12-14-25)28-19-30-31-33(28)26-15-17-27(18-16-26)36(34,35)32(20-22-7-3-1-4-8-22)21-23-9-5-2-6-10-23/h1-19H,20-21H2. The van der Waals surface area contributed by atoms with Gasteiger partial charge in [0.2, 0.25) is 10.0 Å². The lowest BCUT2D eigenvalue weighted by Crippen LogP contribution is -2.30. The zero-order chi connectivity index (χ0) is 25.0. The molecule has 180 valence electrons. The third kappa shape index (κ3) is 5.10. The van der Waals surface area contributed by atoms with Crippen molar-refractivity contribution in [3.05, 3.63) is 132 Å². The van der Waals surface area contributed by atoms with Gasteiger partial charge in [0, 0.05) is 18.7 Å². The maximum atomic E-state index is 13.7. The minimum Gasteiger partial charge on any atom is -0.213 e. The van der Waals surface area contributed by atoms with Crippen molar-refractivity contribution in [2.24, 2.45) is 0 Å². The summed E-state index contributed by atoms with van der Waals surface area (Å²) in [4.78, 5) is 0.182. The summed E-state index contributed by atoms with van der Waals surface area (Å²) in [6, 6.07) is 31.6. The first-order valence-electron chi connectivity index (χ1n) is 11.4. The molecule has 0 aliphatic rings. The highest BCUT2D eigenvalue weighted by Gasteiger charge is 2.25. The van der Waals surface area contributed by atoms with Crippen molar-refractivity contribution >= 4 is 10.0 Å². The zero-order valence-electron chi connectivity index (χ0n) is 19.3. The molecule has 5 aromatic rings. The van der Waals surface area contributed by atoms with Crippen LogP contribution in [0, 0.1) is 5.82 Å². The highest BCUT2D eigenvalue weighted by molar-refractivity contribution is 7.89. The van der Waals surface area contributed by atoms with Gasteiger partial charge >= 0.3 is 0 Å². The molecule has 0 radical (unpaired) electrons. The first-order valence-corrected chi connectivity index (χ1v) is 12.8. The third-order valence-electron chi connectivity index (χ3n) is 5.81. The summed E-state index contributed by atoms with van der Waals surface area (Å²) in [5.41, 5.74) is 3.86. The van der Waals surface area contributed by atoms with Crippen LogP contribution in [0.15, 0.2) is 120 Å². The number of halogens is 1. The summed E-state index contributed by atoms with van der Waals surface area (Å²) in [6.07, 6.45) is 1.58. The van der Waals surface area contributed by atoms with Crippen LogP contribution in [0.25, 0.3) is 16.9 Å². The molecule has 0 amide bonds. The van der Waals surface area contributed by atoms with E-state index in [1.165, 1.54) is 16.4 Å². The van der Waals surface area contributed by atoms with Gasteiger partial charge in [0.1, 0.15) is 5.82 Å². The van der Waals surface area contributed by atoms with Gasteiger partial charge in [0.25, 0.3) is 0 Å². The van der Waals surface area contributed by atoms with E-state index in [0.717, 1.165) is 16.7 Å². The second-order valence-corrected chi connectivity index (χ2v) is 10.2. The predicted octanol–water partition coefficient (Wildman–Crippen LogP) is 5.46. The molecule has 36 heavy (non-hydrogen) atoms. The Morgan fingerprint density at radius 3 is 1.83 bits per heavy atom. The Labute approximate surface area is 209 Å². The van der Waals surface area contributed by atoms with E-state index in [4.69, 9.17) is 0 Å². The maximum absolute atomic E-state index is 13.7. The molecular weight excluding hydrogens is 475 g/mol. The molecule has 0 aliphatic carbocycles. The summed E-state index contributed by atoms with van der Waals surface area (Å²) in [6.45, 7) is 0.495. The van der Waals surface area contributed by atoms with Gasteiger partial charge in [-0.15, -0.1) is 5.10 Å². The van der Waals surface area contributed by atoms with E-state index in [9.17, 15) is 12.8 Å². The number of rotatable bonds is 8. The summed E-state index contributed by atoms with van der Waals surface area (Å²) >= 11 is 0. The molecule has 0 fully saturated rings. The molecular formula is C28H23FN4O2S. The third-order valence-corrected chi connectivity index (χ3v) is 7.62. The Hall–Kier alpha value is -4.14. The quantitative estimate of drug-likeness (QED) is 0.285. The van der Waals surface area contributed by atoms with Crippen LogP contribution in [0.1, 0.15) is 11.1 Å². The second kappa shape index (κ2) is 10.2. The first kappa shape index (κ1) is 23.6. The summed E-state index contributed by atoms with van der Waals surface area (Å²) in [7, 11) is -3.80. The molecule has 0 saturated heterocycles. The van der Waals surface area contributed by atoms with E-state index in [0.29, 0.717) is 11.4 Å². The van der Waals surface area contributed by atoms with Crippen LogP contribution in [0.4, 0.5) is 4.39 Å². The van der Waals surface area contributed by atoms with Crippen molar-refractivity contribution in [2.45, 2.75) is 18.0 Å². The average molecular weight is 499 g/mol. The van der Waals surface area contributed by atoms with Crippen molar-refractivity contribution < 1.29 is 12.8 Å². The van der Waals surface area contributed by atoms with Gasteiger partial charge in [-0.25, -0.2) is 17.5 Å². The van der Waals surface area contributed by atoms with Crippen molar-refractivity contribution in [1.29, 1.82) is 0 Å². The van der Waals surface area contributed by atoms with Gasteiger partial charge in [0.05, 0.1) is 22.5 Å². The van der Waals surface area contributed by atoms with Gasteiger partial charge in [0.15, 0.2) is 0 Å². The lowest BCUT2D eigenvalue weighted by Gasteiger charge is -2.23. The molecule has 5 rings (SSSR count). The van der Waals surface area contributed by atoms with E-state index in [1.54, 1.807) is 47.3 Å². The number of benzene rings is 4. The predicted molar refractivity (Wildman–Crippen MR) is 136 cm³/mol. The summed E-state index contributed by atoms with van der Waals surface area (Å²) < 4.78 is 43.9. The van der Waals surface area contributed by atoms with Gasteiger partial charge in [-0.3, -0.25) is 0 Å². The molecule has 0 spiro atoms. The van der Waals surface area contributed by atoms with Crippen molar-refractivity contribution in [2.75, 3.05) is 0 Å². The fourth-order valence-corrected chi connectivity index (χ4v) is 5.37. The Bertz CT molecular complexity index is 1500. The van der Waals surface area contributed by atoms with Crippen LogP contribution in [-0.4, -0.2) is 27.7 Å². The molecule has 0 unspecified atom stereocenters. The van der Waals surface area contributed by atoms with E-state index in [-0.39, 0.29) is 23.8 Å². The lowest BCUT2D eigenvalue weighted by molar-refractivity contribution is 0.401. The largest absolute Gasteiger partial charge is 0.243 e. The van der Waals surface area contributed by atoms with Gasteiger partial charge < -0.3 is 0 Å². The molecule has 0 aliphatic heterocycles. The summed E-state index contributed by atoms with van der Waals surface area (Å²) in [5, 5.41) is 8.12. The highest BCUT2D eigenvalue weighted by Crippen LogP contribution is 2.25. The average Bonchev–Trinajstić information content (AvgIpc) is 3.40. The minimum atomic E-state index is -3.80. The van der Waals surface area contributed by atoms with Crippen LogP contribution in [0.5, 0.6) is 0 Å². The molecule has 0 atom stereocenters. The summed E-state index contributed by atoms with van der Waals surface area (Å²) in [5.74, 6) is -0.331. The van der Waals surface area contributed by atoms with E-state index in [2.05, 4.69) is 10.3 Å². The smallest absolute Gasteiger partial charge is 0.213 e. The Morgan fingerprint density at radius 2 is 1.28 bits per heavy atom. The molecule has 4 aromatic carbocycles. The van der Waals surface area contributed by atoms with Crippen LogP contribution >= 0.6 is 0 Å². The fourth-order valence-electron chi connectivity index (χ4n) is 3.95. The first-order chi connectivity index (χ1) is 17.5. The Morgan fingerprint density at radius 1 is 0.722 bits per heavy atom. The molecule has 0 bridgehead atoms. The molecule has 0 N–H and O–H groups in total. The molecule has 0 saturated carbocycles. The maximum Gasteiger partial charge on any atom is 0.243 e. The van der Waals surface area contributed by atoms with Gasteiger partial charge in [-0.1, -0.05) is 65.9 Å². The van der Waals surface area contributed by atoms with Gasteiger partial charge in [-0.05, 0) is 59.7 Å². The van der Waals surface area contributed by atoms with Crippen LogP contribution in [0.3, 0.4) is 0 Å². The number of sulfonamides is 1. The second-order valence-electron chi connectivity index (χ2n) is 8.28. The number of hydrogen-bond acceptors (Lipinski definition) is 4. The fraction of sp³-hybridized carbons (Fsp3) is 0.0714. The van der Waals surface area contributed by atoms with E-state index < -0.39 is 10.0 Å². The topological polar surface area (TPSA) is 68.1 Å². The van der Waals surface area contributed by atoms with E-state index in [1.807, 2.05) is 60.7 Å². The Balaban J connectivity index is 1.45. The van der Waals surface area contributed by atoms with Crippen molar-refractivity contribution in [3.63, 3.8) is 0 Å². The van der Waals surface area contributed by atoms with E-state index >= 15 is 0 Å². The van der Waals surface area contributed by atoms with Crippen LogP contribution in [0.2, 0.25) is 0 Å². The minimum absolute atomic E-state index is 0.182. The molecule has 8 heteroatoms. The van der Waals surface area contributed by atoms with Crippen LogP contribution < -0.4 is 0 Å². The highest BCUT2D eigenvalue weighted by atomic mass is 32.2. The Kier molecular flexibility index (Phi) is 6.71. The number of aromatic nitrogens is 3. The zero-order valence-corrected chi connectivity index (χ0v) is 20.1. The molecule has 1 aromatic heterocycles. The van der Waals surface area contributed by atoms with Crippen molar-refractivity contribution in [3.8, 4) is 16.9 Å². The monoisotopic (exact) mass is 498 g/mol. The van der Waals surface area contributed by atoms with Crippen molar-refractivity contribution in [1.82, 2.24) is 19.3 Å².